The summed E-state index contributed by atoms with van der Waals surface area (Å²) in [5.41, 5.74) is 3.85. The summed E-state index contributed by atoms with van der Waals surface area (Å²) in [5.74, 6) is 0. The summed E-state index contributed by atoms with van der Waals surface area (Å²) >= 11 is 0. The predicted octanol–water partition coefficient (Wildman–Crippen LogP) is 2.16. The summed E-state index contributed by atoms with van der Waals surface area (Å²) in [6.45, 7) is 4.28. The fraction of sp³-hybridized carbons (Fsp3) is 0.500. The molecule has 64 valence electrons. The number of hydrogen-bond acceptors (Lipinski definition) is 1. The molecule has 1 atom stereocenters. The van der Waals surface area contributed by atoms with Crippen LogP contribution in [0.3, 0.4) is 0 Å². The van der Waals surface area contributed by atoms with Crippen LogP contribution in [0.4, 0.5) is 0 Å². The SMILES string of the molecule is CC[C@@H]1Cc2[nH]ccc2C(C)=N1. The van der Waals surface area contributed by atoms with E-state index in [-0.39, 0.29) is 0 Å². The fourth-order valence-electron chi connectivity index (χ4n) is 1.77. The van der Waals surface area contributed by atoms with Crippen molar-refractivity contribution in [3.8, 4) is 0 Å². The van der Waals surface area contributed by atoms with Gasteiger partial charge in [0, 0.05) is 29.6 Å². The first-order valence-electron chi connectivity index (χ1n) is 4.52. The highest BCUT2D eigenvalue weighted by molar-refractivity contribution is 6.00. The van der Waals surface area contributed by atoms with Gasteiger partial charge in [-0.25, -0.2) is 0 Å². The number of aromatic nitrogens is 1. The molecule has 0 aliphatic carbocycles. The molecule has 0 bridgehead atoms. The summed E-state index contributed by atoms with van der Waals surface area (Å²) in [6, 6.07) is 2.61. The van der Waals surface area contributed by atoms with E-state index in [0.717, 1.165) is 12.8 Å². The molecule has 2 heteroatoms. The number of aromatic amines is 1. The van der Waals surface area contributed by atoms with E-state index < -0.39 is 0 Å². The van der Waals surface area contributed by atoms with Gasteiger partial charge in [0.25, 0.3) is 0 Å². The monoisotopic (exact) mass is 162 g/mol. The molecular formula is C10H14N2. The Kier molecular flexibility index (Phi) is 1.75. The molecule has 1 aliphatic rings. The lowest BCUT2D eigenvalue weighted by atomic mass is 10.00. The molecule has 0 fully saturated rings. The molecule has 0 amide bonds. The van der Waals surface area contributed by atoms with Gasteiger partial charge >= 0.3 is 0 Å². The third kappa shape index (κ3) is 1.07. The summed E-state index contributed by atoms with van der Waals surface area (Å²) < 4.78 is 0. The Labute approximate surface area is 72.7 Å². The van der Waals surface area contributed by atoms with E-state index in [1.54, 1.807) is 0 Å². The second-order valence-corrected chi connectivity index (χ2v) is 3.35. The van der Waals surface area contributed by atoms with E-state index in [0.29, 0.717) is 6.04 Å². The van der Waals surface area contributed by atoms with Crippen LogP contribution in [-0.4, -0.2) is 16.7 Å². The zero-order valence-electron chi connectivity index (χ0n) is 7.59. The van der Waals surface area contributed by atoms with Crippen LogP contribution in [0.15, 0.2) is 17.3 Å². The number of H-pyrrole nitrogens is 1. The maximum Gasteiger partial charge on any atom is 0.0555 e. The van der Waals surface area contributed by atoms with Gasteiger partial charge in [0.15, 0.2) is 0 Å². The van der Waals surface area contributed by atoms with E-state index in [1.165, 1.54) is 17.0 Å². The minimum absolute atomic E-state index is 0.496. The first-order chi connectivity index (χ1) is 5.81. The molecule has 2 nitrogen and oxygen atoms in total. The van der Waals surface area contributed by atoms with Gasteiger partial charge in [-0.05, 0) is 19.4 Å². The minimum Gasteiger partial charge on any atom is -0.364 e. The molecule has 12 heavy (non-hydrogen) atoms. The van der Waals surface area contributed by atoms with Gasteiger partial charge < -0.3 is 4.98 Å². The Morgan fingerprint density at radius 1 is 1.67 bits per heavy atom. The van der Waals surface area contributed by atoms with Gasteiger partial charge in [0.2, 0.25) is 0 Å². The van der Waals surface area contributed by atoms with Crippen LogP contribution in [0, 0.1) is 0 Å². The van der Waals surface area contributed by atoms with E-state index in [2.05, 4.69) is 29.9 Å². The molecule has 0 aromatic carbocycles. The quantitative estimate of drug-likeness (QED) is 0.655. The summed E-state index contributed by atoms with van der Waals surface area (Å²) in [7, 11) is 0. The molecule has 2 heterocycles. The molecule has 1 aromatic heterocycles. The lowest BCUT2D eigenvalue weighted by molar-refractivity contribution is 0.632. The van der Waals surface area contributed by atoms with Crippen LogP contribution in [0.5, 0.6) is 0 Å². The molecule has 1 aromatic rings. The van der Waals surface area contributed by atoms with E-state index in [9.17, 15) is 0 Å². The molecule has 1 N–H and O–H groups in total. The van der Waals surface area contributed by atoms with Crippen LogP contribution in [0.25, 0.3) is 0 Å². The van der Waals surface area contributed by atoms with Gasteiger partial charge in [0.1, 0.15) is 0 Å². The molecular weight excluding hydrogens is 148 g/mol. The molecule has 0 unspecified atom stereocenters. The smallest absolute Gasteiger partial charge is 0.0555 e. The molecule has 2 rings (SSSR count). The van der Waals surface area contributed by atoms with Gasteiger partial charge in [-0.15, -0.1) is 0 Å². The van der Waals surface area contributed by atoms with Crippen LogP contribution < -0.4 is 0 Å². The molecule has 0 spiro atoms. The van der Waals surface area contributed by atoms with Gasteiger partial charge in [-0.1, -0.05) is 6.92 Å². The zero-order chi connectivity index (χ0) is 8.55. The number of hydrogen-bond donors (Lipinski definition) is 1. The van der Waals surface area contributed by atoms with Gasteiger partial charge in [-0.3, -0.25) is 4.99 Å². The van der Waals surface area contributed by atoms with E-state index >= 15 is 0 Å². The second-order valence-electron chi connectivity index (χ2n) is 3.35. The van der Waals surface area contributed by atoms with Crippen molar-refractivity contribution in [3.05, 3.63) is 23.5 Å². The summed E-state index contributed by atoms with van der Waals surface area (Å²) in [5, 5.41) is 0. The topological polar surface area (TPSA) is 28.1 Å². The van der Waals surface area contributed by atoms with E-state index in [4.69, 9.17) is 0 Å². The van der Waals surface area contributed by atoms with Crippen molar-refractivity contribution in [2.75, 3.05) is 0 Å². The largest absolute Gasteiger partial charge is 0.364 e. The number of nitrogens with one attached hydrogen (secondary N) is 1. The fourth-order valence-corrected chi connectivity index (χ4v) is 1.77. The van der Waals surface area contributed by atoms with Gasteiger partial charge in [-0.2, -0.15) is 0 Å². The highest BCUT2D eigenvalue weighted by Gasteiger charge is 2.17. The molecule has 0 saturated carbocycles. The third-order valence-corrected chi connectivity index (χ3v) is 2.51. The maximum atomic E-state index is 4.61. The van der Waals surface area contributed by atoms with Crippen LogP contribution in [0.2, 0.25) is 0 Å². The first-order valence-corrected chi connectivity index (χ1v) is 4.52. The van der Waals surface area contributed by atoms with Crippen molar-refractivity contribution in [1.82, 2.24) is 4.98 Å². The normalized spacial score (nSPS) is 21.8. The summed E-state index contributed by atoms with van der Waals surface area (Å²) in [4.78, 5) is 7.88. The summed E-state index contributed by atoms with van der Waals surface area (Å²) in [6.07, 6.45) is 4.22. The average Bonchev–Trinajstić information content (AvgIpc) is 2.52. The Morgan fingerprint density at radius 2 is 2.50 bits per heavy atom. The van der Waals surface area contributed by atoms with E-state index in [1.807, 2.05) is 6.20 Å². The van der Waals surface area contributed by atoms with Crippen molar-refractivity contribution in [2.24, 2.45) is 4.99 Å². The predicted molar refractivity (Wildman–Crippen MR) is 50.8 cm³/mol. The Morgan fingerprint density at radius 3 is 3.25 bits per heavy atom. The lowest BCUT2D eigenvalue weighted by Gasteiger charge is -2.17. The highest BCUT2D eigenvalue weighted by atomic mass is 14.8. The standard InChI is InChI=1S/C10H14N2/c1-3-8-6-10-9(4-5-11-10)7(2)12-8/h4-5,8,11H,3,6H2,1-2H3/t8-/m1/s1. The van der Waals surface area contributed by atoms with Gasteiger partial charge in [0.05, 0.1) is 6.04 Å². The van der Waals surface area contributed by atoms with Crippen molar-refractivity contribution >= 4 is 5.71 Å². The Bertz CT molecular complexity index is 309. The average molecular weight is 162 g/mol. The number of nitrogens with zero attached hydrogens (tertiary/aromatic N) is 1. The first kappa shape index (κ1) is 7.59. The Balaban J connectivity index is 2.38. The maximum absolute atomic E-state index is 4.61. The zero-order valence-corrected chi connectivity index (χ0v) is 7.59. The molecule has 1 aliphatic heterocycles. The second kappa shape index (κ2) is 2.77. The van der Waals surface area contributed by atoms with Crippen LogP contribution >= 0.6 is 0 Å². The minimum atomic E-state index is 0.496. The van der Waals surface area contributed by atoms with Crippen molar-refractivity contribution in [3.63, 3.8) is 0 Å². The van der Waals surface area contributed by atoms with Crippen LogP contribution in [0.1, 0.15) is 31.5 Å². The third-order valence-electron chi connectivity index (χ3n) is 2.51. The number of rotatable bonds is 1. The number of aliphatic imine (C=N–C) groups is 1. The molecule has 0 saturated heterocycles. The van der Waals surface area contributed by atoms with Crippen LogP contribution in [-0.2, 0) is 6.42 Å². The van der Waals surface area contributed by atoms with Crippen molar-refractivity contribution in [2.45, 2.75) is 32.7 Å². The lowest BCUT2D eigenvalue weighted by Crippen LogP contribution is -2.17. The Hall–Kier alpha value is -1.05. The molecule has 0 radical (unpaired) electrons. The highest BCUT2D eigenvalue weighted by Crippen LogP contribution is 2.19. The van der Waals surface area contributed by atoms with Crippen molar-refractivity contribution in [1.29, 1.82) is 0 Å². The number of fused-ring (bicyclic) bond motifs is 1. The van der Waals surface area contributed by atoms with Crippen molar-refractivity contribution < 1.29 is 0 Å².